The summed E-state index contributed by atoms with van der Waals surface area (Å²) in [5, 5.41) is 15.5. The van der Waals surface area contributed by atoms with Gasteiger partial charge in [-0.1, -0.05) is 75.3 Å². The quantitative estimate of drug-likeness (QED) is 0.554. The van der Waals surface area contributed by atoms with Crippen molar-refractivity contribution in [2.75, 3.05) is 37.6 Å². The second-order valence-electron chi connectivity index (χ2n) is 9.60. The molecule has 8 heteroatoms. The molecule has 1 saturated heterocycles. The van der Waals surface area contributed by atoms with Crippen molar-refractivity contribution < 1.29 is 4.79 Å². The van der Waals surface area contributed by atoms with Gasteiger partial charge in [0.15, 0.2) is 0 Å². The van der Waals surface area contributed by atoms with Crippen LogP contribution in [0.3, 0.4) is 0 Å². The van der Waals surface area contributed by atoms with Gasteiger partial charge < -0.3 is 10.2 Å². The molecule has 8 nitrogen and oxygen atoms in total. The molecule has 0 saturated carbocycles. The van der Waals surface area contributed by atoms with Crippen LogP contribution < -0.4 is 10.2 Å². The average molecular weight is 462 g/mol. The van der Waals surface area contributed by atoms with Crippen LogP contribution in [-0.2, 0) is 4.79 Å². The van der Waals surface area contributed by atoms with Crippen LogP contribution in [0, 0.1) is 5.92 Å². The van der Waals surface area contributed by atoms with Crippen molar-refractivity contribution in [3.05, 3.63) is 65.7 Å². The highest BCUT2D eigenvalue weighted by molar-refractivity contribution is 5.78. The van der Waals surface area contributed by atoms with Crippen molar-refractivity contribution in [1.82, 2.24) is 30.4 Å². The Kier molecular flexibility index (Phi) is 7.57. The lowest BCUT2D eigenvalue weighted by molar-refractivity contribution is -0.123. The van der Waals surface area contributed by atoms with Gasteiger partial charge in [-0.2, -0.15) is 4.68 Å². The molecule has 3 aromatic rings. The molecule has 4 rings (SSSR count). The summed E-state index contributed by atoms with van der Waals surface area (Å²) in [7, 11) is 0. The maximum Gasteiger partial charge on any atom is 0.250 e. The zero-order valence-corrected chi connectivity index (χ0v) is 20.6. The van der Waals surface area contributed by atoms with Crippen molar-refractivity contribution in [2.24, 2.45) is 5.92 Å². The number of hydrogen-bond donors (Lipinski definition) is 1. The molecule has 1 aliphatic rings. The van der Waals surface area contributed by atoms with Crippen LogP contribution in [0.15, 0.2) is 54.6 Å². The van der Waals surface area contributed by atoms with E-state index in [1.54, 1.807) is 4.68 Å². The Bertz CT molecular complexity index is 1050. The normalized spacial score (nSPS) is 15.6. The van der Waals surface area contributed by atoms with Gasteiger partial charge in [-0.05, 0) is 45.5 Å². The zero-order valence-electron chi connectivity index (χ0n) is 20.6. The Morgan fingerprint density at radius 1 is 0.912 bits per heavy atom. The van der Waals surface area contributed by atoms with E-state index >= 15 is 0 Å². The van der Waals surface area contributed by atoms with E-state index in [2.05, 4.69) is 82.6 Å². The largest absolute Gasteiger partial charge is 0.348 e. The highest BCUT2D eigenvalue weighted by Crippen LogP contribution is 2.24. The molecule has 1 unspecified atom stereocenters. The van der Waals surface area contributed by atoms with Gasteiger partial charge in [-0.3, -0.25) is 9.69 Å². The van der Waals surface area contributed by atoms with Crippen LogP contribution in [0.1, 0.15) is 50.8 Å². The van der Waals surface area contributed by atoms with E-state index in [0.29, 0.717) is 18.4 Å². The summed E-state index contributed by atoms with van der Waals surface area (Å²) in [6.45, 7) is 12.2. The number of benzene rings is 2. The molecule has 0 bridgehead atoms. The van der Waals surface area contributed by atoms with Crippen LogP contribution >= 0.6 is 0 Å². The van der Waals surface area contributed by atoms with Crippen molar-refractivity contribution in [2.45, 2.75) is 39.7 Å². The Morgan fingerprint density at radius 3 is 2.18 bits per heavy atom. The van der Waals surface area contributed by atoms with E-state index in [4.69, 9.17) is 0 Å². The Labute approximate surface area is 201 Å². The van der Waals surface area contributed by atoms with Gasteiger partial charge in [0.1, 0.15) is 0 Å². The maximum atomic E-state index is 12.9. The number of nitrogens with zero attached hydrogens (tertiary/aromatic N) is 6. The molecule has 0 aliphatic carbocycles. The summed E-state index contributed by atoms with van der Waals surface area (Å²) in [6, 6.07) is 18.5. The fourth-order valence-electron chi connectivity index (χ4n) is 4.37. The summed E-state index contributed by atoms with van der Waals surface area (Å²) >= 11 is 0. The molecule has 1 aliphatic heterocycles. The molecule has 34 heavy (non-hydrogen) atoms. The van der Waals surface area contributed by atoms with Gasteiger partial charge in [0.25, 0.3) is 0 Å². The van der Waals surface area contributed by atoms with Crippen LogP contribution in [0.5, 0.6) is 0 Å². The molecule has 2 heterocycles. The highest BCUT2D eigenvalue weighted by atomic mass is 16.2. The Hall–Kier alpha value is -3.26. The van der Waals surface area contributed by atoms with Crippen molar-refractivity contribution in [3.8, 4) is 5.69 Å². The lowest BCUT2D eigenvalue weighted by Crippen LogP contribution is -2.50. The fourth-order valence-corrected chi connectivity index (χ4v) is 4.37. The minimum absolute atomic E-state index is 0.00509. The number of anilines is 1. The number of para-hydroxylation sites is 1. The number of aromatic nitrogens is 4. The molecule has 0 spiro atoms. The monoisotopic (exact) mass is 461 g/mol. The third-order valence-electron chi connectivity index (χ3n) is 6.42. The Morgan fingerprint density at radius 2 is 1.56 bits per heavy atom. The first-order chi connectivity index (χ1) is 16.4. The van der Waals surface area contributed by atoms with Crippen LogP contribution in [0.25, 0.3) is 5.69 Å². The second kappa shape index (κ2) is 10.8. The van der Waals surface area contributed by atoms with Gasteiger partial charge in [-0.25, -0.2) is 0 Å². The summed E-state index contributed by atoms with van der Waals surface area (Å²) < 4.78 is 1.76. The van der Waals surface area contributed by atoms with Crippen LogP contribution in [-0.4, -0.2) is 63.7 Å². The number of amides is 1. The molecular formula is C26H35N7O. The van der Waals surface area contributed by atoms with Gasteiger partial charge in [0.2, 0.25) is 11.9 Å². The summed E-state index contributed by atoms with van der Waals surface area (Å²) in [5.41, 5.74) is 3.41. The van der Waals surface area contributed by atoms with Crippen molar-refractivity contribution >= 4 is 11.9 Å². The van der Waals surface area contributed by atoms with E-state index in [9.17, 15) is 4.79 Å². The second-order valence-corrected chi connectivity index (χ2v) is 9.60. The zero-order chi connectivity index (χ0) is 24.1. The molecule has 180 valence electrons. The molecule has 1 atom stereocenters. The summed E-state index contributed by atoms with van der Waals surface area (Å²) in [4.78, 5) is 17.3. The van der Waals surface area contributed by atoms with Gasteiger partial charge >= 0.3 is 0 Å². The minimum atomic E-state index is 0.00509. The van der Waals surface area contributed by atoms with Crippen molar-refractivity contribution in [3.63, 3.8) is 0 Å². The van der Waals surface area contributed by atoms with Crippen LogP contribution in [0.2, 0.25) is 0 Å². The number of nitrogens with one attached hydrogen (secondary N) is 1. The number of carbonyl (C=O) groups excluding carboxylic acids is 1. The standard InChI is InChI=1S/C26H35N7O/c1-19(2)21-10-12-22(13-11-21)25(20(3)4)27-24(34)18-31-14-16-32(17-15-31)26-28-29-30-33(26)23-8-6-5-7-9-23/h5-13,19-20,25H,14-18H2,1-4H3,(H,27,34). The number of carbonyl (C=O) groups is 1. The molecule has 1 amide bonds. The molecule has 0 radical (unpaired) electrons. The first-order valence-electron chi connectivity index (χ1n) is 12.1. The van der Waals surface area contributed by atoms with Crippen LogP contribution in [0.4, 0.5) is 5.95 Å². The minimum Gasteiger partial charge on any atom is -0.348 e. The Balaban J connectivity index is 1.32. The lowest BCUT2D eigenvalue weighted by Gasteiger charge is -2.34. The first kappa shape index (κ1) is 23.9. The van der Waals surface area contributed by atoms with E-state index in [0.717, 1.165) is 43.4 Å². The third kappa shape index (κ3) is 5.62. The lowest BCUT2D eigenvalue weighted by atomic mass is 9.93. The van der Waals surface area contributed by atoms with Gasteiger partial charge in [0, 0.05) is 26.2 Å². The van der Waals surface area contributed by atoms with E-state index in [-0.39, 0.29) is 11.9 Å². The molecule has 2 aromatic carbocycles. The number of rotatable bonds is 8. The topological polar surface area (TPSA) is 79.2 Å². The predicted molar refractivity (Wildman–Crippen MR) is 134 cm³/mol. The maximum absolute atomic E-state index is 12.9. The molecule has 1 fully saturated rings. The fraction of sp³-hybridized carbons (Fsp3) is 0.462. The number of piperazine rings is 1. The van der Waals surface area contributed by atoms with Gasteiger partial charge in [-0.15, -0.1) is 0 Å². The van der Waals surface area contributed by atoms with E-state index in [1.165, 1.54) is 5.56 Å². The van der Waals surface area contributed by atoms with Gasteiger partial charge in [0.05, 0.1) is 18.3 Å². The average Bonchev–Trinajstić information content (AvgIpc) is 3.33. The van der Waals surface area contributed by atoms with Crippen molar-refractivity contribution in [1.29, 1.82) is 0 Å². The smallest absolute Gasteiger partial charge is 0.250 e. The highest BCUT2D eigenvalue weighted by Gasteiger charge is 2.25. The third-order valence-corrected chi connectivity index (χ3v) is 6.42. The predicted octanol–water partition coefficient (Wildman–Crippen LogP) is 3.42. The molecule has 1 aromatic heterocycles. The summed E-state index contributed by atoms with van der Waals surface area (Å²) in [5.74, 6) is 1.61. The summed E-state index contributed by atoms with van der Waals surface area (Å²) in [6.07, 6.45) is 0. The molecule has 1 N–H and O–H groups in total. The first-order valence-corrected chi connectivity index (χ1v) is 12.1. The number of tetrazole rings is 1. The van der Waals surface area contributed by atoms with E-state index in [1.807, 2.05) is 30.3 Å². The molecular weight excluding hydrogens is 426 g/mol. The SMILES string of the molecule is CC(C)c1ccc(C(NC(=O)CN2CCN(c3nnnn3-c3ccccc3)CC2)C(C)C)cc1. The number of hydrogen-bond acceptors (Lipinski definition) is 6. The van der Waals surface area contributed by atoms with E-state index < -0.39 is 0 Å².